The van der Waals surface area contributed by atoms with Crippen LogP contribution in [0, 0.1) is 25.2 Å². The number of aryl methyl sites for hydroxylation is 1. The summed E-state index contributed by atoms with van der Waals surface area (Å²) in [6, 6.07) is 10.1. The van der Waals surface area contributed by atoms with E-state index in [9.17, 15) is 10.1 Å². The van der Waals surface area contributed by atoms with Gasteiger partial charge in [-0.15, -0.1) is 11.3 Å². The normalized spacial score (nSPS) is 15.5. The highest BCUT2D eigenvalue weighted by atomic mass is 35.5. The molecule has 1 fully saturated rings. The summed E-state index contributed by atoms with van der Waals surface area (Å²) in [4.78, 5) is 18.0. The van der Waals surface area contributed by atoms with Gasteiger partial charge in [-0.2, -0.15) is 5.26 Å². The zero-order chi connectivity index (χ0) is 19.4. The number of piperazine rings is 1. The Balaban J connectivity index is 1.47. The van der Waals surface area contributed by atoms with Crippen LogP contribution in [0.15, 0.2) is 24.3 Å². The molecular formula is C20H23ClN4OS. The van der Waals surface area contributed by atoms with Crippen LogP contribution in [0.2, 0.25) is 5.02 Å². The van der Waals surface area contributed by atoms with E-state index in [0.29, 0.717) is 17.1 Å². The van der Waals surface area contributed by atoms with E-state index in [-0.39, 0.29) is 5.91 Å². The number of nitrogens with zero attached hydrogens (tertiary/aromatic N) is 3. The number of carbonyl (C=O) groups excluding carboxylic acids is 1. The first-order chi connectivity index (χ1) is 13.0. The second kappa shape index (κ2) is 8.85. The van der Waals surface area contributed by atoms with Gasteiger partial charge in [-0.3, -0.25) is 14.6 Å². The molecule has 0 saturated carbocycles. The predicted octanol–water partition coefficient (Wildman–Crippen LogP) is 3.65. The van der Waals surface area contributed by atoms with E-state index in [4.69, 9.17) is 11.6 Å². The summed E-state index contributed by atoms with van der Waals surface area (Å²) in [5.41, 5.74) is 2.78. The Morgan fingerprint density at radius 1 is 1.19 bits per heavy atom. The maximum Gasteiger partial charge on any atom is 0.239 e. The average molecular weight is 403 g/mol. The summed E-state index contributed by atoms with van der Waals surface area (Å²) in [6.07, 6.45) is 0. The van der Waals surface area contributed by atoms with Crippen molar-refractivity contribution >= 4 is 33.8 Å². The highest BCUT2D eigenvalue weighted by molar-refractivity contribution is 7.16. The number of halogens is 1. The second-order valence-electron chi connectivity index (χ2n) is 6.83. The van der Waals surface area contributed by atoms with Crippen LogP contribution in [-0.2, 0) is 11.3 Å². The Morgan fingerprint density at radius 3 is 2.44 bits per heavy atom. The summed E-state index contributed by atoms with van der Waals surface area (Å²) in [6.45, 7) is 8.71. The molecule has 1 N–H and O–H groups in total. The number of thiophene rings is 1. The third-order valence-electron chi connectivity index (χ3n) is 4.90. The predicted molar refractivity (Wildman–Crippen MR) is 110 cm³/mol. The number of nitrogens with one attached hydrogen (secondary N) is 1. The quantitative estimate of drug-likeness (QED) is 0.829. The van der Waals surface area contributed by atoms with Crippen LogP contribution in [0.5, 0.6) is 0 Å². The molecule has 1 aliphatic heterocycles. The van der Waals surface area contributed by atoms with Gasteiger partial charge in [0.05, 0.1) is 12.1 Å². The van der Waals surface area contributed by atoms with Gasteiger partial charge >= 0.3 is 0 Å². The van der Waals surface area contributed by atoms with Crippen LogP contribution < -0.4 is 5.32 Å². The topological polar surface area (TPSA) is 59.4 Å². The Hall–Kier alpha value is -1.91. The molecule has 3 rings (SSSR count). The Kier molecular flexibility index (Phi) is 6.51. The van der Waals surface area contributed by atoms with Gasteiger partial charge in [0.2, 0.25) is 5.91 Å². The smallest absolute Gasteiger partial charge is 0.239 e. The molecule has 2 aromatic rings. The van der Waals surface area contributed by atoms with Gasteiger partial charge in [-0.05, 0) is 37.1 Å². The molecule has 0 unspecified atom stereocenters. The van der Waals surface area contributed by atoms with Crippen molar-refractivity contribution in [2.45, 2.75) is 20.4 Å². The Labute approximate surface area is 169 Å². The van der Waals surface area contributed by atoms with Gasteiger partial charge in [-0.25, -0.2) is 0 Å². The summed E-state index contributed by atoms with van der Waals surface area (Å²) < 4.78 is 0. The fourth-order valence-corrected chi connectivity index (χ4v) is 4.33. The maximum atomic E-state index is 12.4. The summed E-state index contributed by atoms with van der Waals surface area (Å²) >= 11 is 7.40. The number of anilines is 1. The van der Waals surface area contributed by atoms with E-state index in [2.05, 4.69) is 33.3 Å². The molecule has 1 aromatic carbocycles. The molecule has 1 aliphatic rings. The third-order valence-corrected chi connectivity index (χ3v) is 6.28. The number of rotatable bonds is 5. The number of benzene rings is 1. The van der Waals surface area contributed by atoms with E-state index in [0.717, 1.165) is 48.2 Å². The van der Waals surface area contributed by atoms with E-state index in [1.54, 1.807) is 0 Å². The lowest BCUT2D eigenvalue weighted by Crippen LogP contribution is -2.48. The minimum Gasteiger partial charge on any atom is -0.315 e. The first-order valence-electron chi connectivity index (χ1n) is 8.95. The SMILES string of the molecule is Cc1sc(NC(=O)CN2CCN(Cc3ccc(Cl)cc3)CC2)c(C#N)c1C. The van der Waals surface area contributed by atoms with Crippen LogP contribution in [0.3, 0.4) is 0 Å². The number of amides is 1. The number of carbonyl (C=O) groups is 1. The van der Waals surface area contributed by atoms with Gasteiger partial charge in [0.1, 0.15) is 11.1 Å². The maximum absolute atomic E-state index is 12.4. The third kappa shape index (κ3) is 5.08. The van der Waals surface area contributed by atoms with Gasteiger partial charge in [0.25, 0.3) is 0 Å². The van der Waals surface area contributed by atoms with Gasteiger partial charge in [-0.1, -0.05) is 23.7 Å². The van der Waals surface area contributed by atoms with Crippen LogP contribution in [0.4, 0.5) is 5.00 Å². The molecule has 7 heteroatoms. The standard InChI is InChI=1S/C20H23ClN4OS/c1-14-15(2)27-20(18(14)11-22)23-19(26)13-25-9-7-24(8-10-25)12-16-3-5-17(21)6-4-16/h3-6H,7-10,12-13H2,1-2H3,(H,23,26). The largest absolute Gasteiger partial charge is 0.315 e. The first kappa shape index (κ1) is 19.8. The second-order valence-corrected chi connectivity index (χ2v) is 8.49. The molecule has 1 aromatic heterocycles. The van der Waals surface area contributed by atoms with Crippen molar-refractivity contribution in [2.24, 2.45) is 0 Å². The fourth-order valence-electron chi connectivity index (χ4n) is 3.17. The fraction of sp³-hybridized carbons (Fsp3) is 0.400. The molecule has 0 atom stereocenters. The first-order valence-corrected chi connectivity index (χ1v) is 10.1. The summed E-state index contributed by atoms with van der Waals surface area (Å²) in [5, 5.41) is 13.6. The molecule has 1 amide bonds. The van der Waals surface area contributed by atoms with Crippen molar-refractivity contribution in [3.63, 3.8) is 0 Å². The van der Waals surface area contributed by atoms with Crippen molar-refractivity contribution in [1.82, 2.24) is 9.80 Å². The molecule has 2 heterocycles. The molecule has 27 heavy (non-hydrogen) atoms. The van der Waals surface area contributed by atoms with Crippen molar-refractivity contribution in [2.75, 3.05) is 38.0 Å². The lowest BCUT2D eigenvalue weighted by Gasteiger charge is -2.34. The molecule has 0 radical (unpaired) electrons. The lowest BCUT2D eigenvalue weighted by molar-refractivity contribution is -0.117. The van der Waals surface area contributed by atoms with Crippen LogP contribution in [0.1, 0.15) is 21.6 Å². The number of hydrogen-bond donors (Lipinski definition) is 1. The van der Waals surface area contributed by atoms with Gasteiger partial charge in [0.15, 0.2) is 0 Å². The minimum atomic E-state index is -0.0566. The summed E-state index contributed by atoms with van der Waals surface area (Å²) in [5.74, 6) is -0.0566. The average Bonchev–Trinajstić information content (AvgIpc) is 2.91. The number of hydrogen-bond acceptors (Lipinski definition) is 5. The van der Waals surface area contributed by atoms with Gasteiger partial charge in [0, 0.05) is 42.6 Å². The molecule has 1 saturated heterocycles. The van der Waals surface area contributed by atoms with E-state index in [1.165, 1.54) is 16.9 Å². The molecule has 5 nitrogen and oxygen atoms in total. The van der Waals surface area contributed by atoms with Crippen molar-refractivity contribution < 1.29 is 4.79 Å². The lowest BCUT2D eigenvalue weighted by atomic mass is 10.2. The minimum absolute atomic E-state index is 0.0566. The zero-order valence-electron chi connectivity index (χ0n) is 15.6. The highest BCUT2D eigenvalue weighted by Crippen LogP contribution is 2.31. The van der Waals surface area contributed by atoms with Gasteiger partial charge < -0.3 is 5.32 Å². The van der Waals surface area contributed by atoms with Crippen LogP contribution >= 0.6 is 22.9 Å². The molecule has 142 valence electrons. The Bertz CT molecular complexity index is 848. The summed E-state index contributed by atoms with van der Waals surface area (Å²) in [7, 11) is 0. The van der Waals surface area contributed by atoms with Crippen LogP contribution in [-0.4, -0.2) is 48.4 Å². The van der Waals surface area contributed by atoms with E-state index >= 15 is 0 Å². The van der Waals surface area contributed by atoms with E-state index < -0.39 is 0 Å². The Morgan fingerprint density at radius 2 is 1.81 bits per heavy atom. The van der Waals surface area contributed by atoms with Crippen LogP contribution in [0.25, 0.3) is 0 Å². The molecular weight excluding hydrogens is 380 g/mol. The van der Waals surface area contributed by atoms with Crippen molar-refractivity contribution in [3.8, 4) is 6.07 Å². The van der Waals surface area contributed by atoms with E-state index in [1.807, 2.05) is 26.0 Å². The molecule has 0 aliphatic carbocycles. The zero-order valence-corrected chi connectivity index (χ0v) is 17.2. The monoisotopic (exact) mass is 402 g/mol. The van der Waals surface area contributed by atoms with Crippen molar-refractivity contribution in [3.05, 3.63) is 50.9 Å². The highest BCUT2D eigenvalue weighted by Gasteiger charge is 2.20. The molecule has 0 spiro atoms. The molecule has 0 bridgehead atoms. The number of nitriles is 1. The van der Waals surface area contributed by atoms with Crippen molar-refractivity contribution in [1.29, 1.82) is 5.26 Å².